The average Bonchev–Trinajstić information content (AvgIpc) is 2.99. The standard InChI is InChI=1S/C32H22Cl2N4O2/c33-25-15-29-30(16-26(25)34)36-32(18-28(38-40)24-14-6-10-20-8-2-4-12-22(20)24)31(35-29)17-27(37-39)23-13-5-9-19-7-1-3-11-21(19)23/h1-16,39-40H,17-18H2/b37-27-,38-28+. The quantitative estimate of drug-likeness (QED) is 0.121. The third-order valence-corrected chi connectivity index (χ3v) is 7.70. The molecule has 0 bridgehead atoms. The lowest BCUT2D eigenvalue weighted by molar-refractivity contribution is 0.318. The Kier molecular flexibility index (Phi) is 7.03. The minimum atomic E-state index is 0.178. The van der Waals surface area contributed by atoms with E-state index < -0.39 is 0 Å². The lowest BCUT2D eigenvalue weighted by Gasteiger charge is -2.14. The third-order valence-electron chi connectivity index (χ3n) is 6.97. The van der Waals surface area contributed by atoms with Crippen LogP contribution in [0.2, 0.25) is 10.0 Å². The topological polar surface area (TPSA) is 91.0 Å². The molecule has 0 unspecified atom stereocenters. The first-order chi connectivity index (χ1) is 19.6. The fourth-order valence-electron chi connectivity index (χ4n) is 5.05. The van der Waals surface area contributed by atoms with Gasteiger partial charge in [0.15, 0.2) is 0 Å². The van der Waals surface area contributed by atoms with Gasteiger partial charge in [-0.25, -0.2) is 9.97 Å². The molecular weight excluding hydrogens is 543 g/mol. The van der Waals surface area contributed by atoms with Crippen LogP contribution < -0.4 is 0 Å². The first kappa shape index (κ1) is 25.7. The zero-order valence-corrected chi connectivity index (χ0v) is 22.6. The molecule has 8 heteroatoms. The van der Waals surface area contributed by atoms with Gasteiger partial charge in [0.05, 0.1) is 43.9 Å². The van der Waals surface area contributed by atoms with Gasteiger partial charge in [0, 0.05) is 24.0 Å². The normalized spacial score (nSPS) is 12.4. The molecule has 6 nitrogen and oxygen atoms in total. The minimum absolute atomic E-state index is 0.178. The molecule has 0 aliphatic rings. The summed E-state index contributed by atoms with van der Waals surface area (Å²) >= 11 is 12.6. The number of halogens is 2. The van der Waals surface area contributed by atoms with Crippen molar-refractivity contribution < 1.29 is 10.4 Å². The van der Waals surface area contributed by atoms with E-state index in [0.29, 0.717) is 43.9 Å². The SMILES string of the molecule is O/N=C(/Cc1nc2cc(Cl)c(Cl)cc2nc1C/C(=N\O)c1cccc2ccccc12)c1cccc2ccccc12. The maximum absolute atomic E-state index is 10.1. The van der Waals surface area contributed by atoms with Crippen LogP contribution in [0.5, 0.6) is 0 Å². The van der Waals surface area contributed by atoms with Crippen molar-refractivity contribution in [3.63, 3.8) is 0 Å². The van der Waals surface area contributed by atoms with Gasteiger partial charge in [-0.1, -0.05) is 118 Å². The first-order valence-corrected chi connectivity index (χ1v) is 13.3. The van der Waals surface area contributed by atoms with Gasteiger partial charge in [-0.2, -0.15) is 0 Å². The van der Waals surface area contributed by atoms with Crippen LogP contribution >= 0.6 is 23.2 Å². The van der Waals surface area contributed by atoms with E-state index in [1.54, 1.807) is 12.1 Å². The van der Waals surface area contributed by atoms with Crippen LogP contribution in [-0.4, -0.2) is 31.8 Å². The van der Waals surface area contributed by atoms with E-state index in [4.69, 9.17) is 33.2 Å². The van der Waals surface area contributed by atoms with Crippen molar-refractivity contribution in [3.8, 4) is 0 Å². The summed E-state index contributed by atoms with van der Waals surface area (Å²) in [6, 6.07) is 30.8. The van der Waals surface area contributed by atoms with Gasteiger partial charge in [0.1, 0.15) is 0 Å². The molecule has 0 aliphatic carbocycles. The smallest absolute Gasteiger partial charge is 0.0934 e. The number of rotatable bonds is 6. The van der Waals surface area contributed by atoms with Crippen molar-refractivity contribution in [1.29, 1.82) is 0 Å². The number of hydrogen-bond donors (Lipinski definition) is 2. The Morgan fingerprint density at radius 1 is 0.575 bits per heavy atom. The summed E-state index contributed by atoms with van der Waals surface area (Å²) in [5, 5.41) is 32.3. The number of benzene rings is 5. The molecule has 6 rings (SSSR count). The van der Waals surface area contributed by atoms with Crippen LogP contribution in [0.3, 0.4) is 0 Å². The predicted octanol–water partition coefficient (Wildman–Crippen LogP) is 8.09. The van der Waals surface area contributed by atoms with Crippen molar-refractivity contribution >= 4 is 67.2 Å². The second kappa shape index (κ2) is 10.9. The van der Waals surface area contributed by atoms with Crippen LogP contribution in [0.4, 0.5) is 0 Å². The number of oxime groups is 2. The molecule has 6 aromatic rings. The summed E-state index contributed by atoms with van der Waals surface area (Å²) in [6.45, 7) is 0. The second-order valence-corrected chi connectivity index (χ2v) is 10.2. The summed E-state index contributed by atoms with van der Waals surface area (Å²) < 4.78 is 0. The highest BCUT2D eigenvalue weighted by molar-refractivity contribution is 6.42. The van der Waals surface area contributed by atoms with E-state index in [-0.39, 0.29) is 12.8 Å². The van der Waals surface area contributed by atoms with Crippen LogP contribution in [0.25, 0.3) is 32.6 Å². The van der Waals surface area contributed by atoms with Crippen molar-refractivity contribution in [3.05, 3.63) is 130 Å². The Morgan fingerprint density at radius 3 is 1.40 bits per heavy atom. The molecule has 0 fully saturated rings. The van der Waals surface area contributed by atoms with E-state index in [1.165, 1.54) is 0 Å². The molecular formula is C32H22Cl2N4O2. The summed E-state index contributed by atoms with van der Waals surface area (Å²) in [6.07, 6.45) is 0.356. The van der Waals surface area contributed by atoms with Gasteiger partial charge in [0.25, 0.3) is 0 Å². The monoisotopic (exact) mass is 564 g/mol. The predicted molar refractivity (Wildman–Crippen MR) is 162 cm³/mol. The summed E-state index contributed by atoms with van der Waals surface area (Å²) in [4.78, 5) is 9.76. The van der Waals surface area contributed by atoms with Gasteiger partial charge in [-0.15, -0.1) is 0 Å². The van der Waals surface area contributed by atoms with Gasteiger partial charge >= 0.3 is 0 Å². The van der Waals surface area contributed by atoms with Crippen molar-refractivity contribution in [2.24, 2.45) is 10.3 Å². The van der Waals surface area contributed by atoms with Crippen LogP contribution in [0.1, 0.15) is 22.5 Å². The molecule has 1 heterocycles. The highest BCUT2D eigenvalue weighted by Crippen LogP contribution is 2.29. The van der Waals surface area contributed by atoms with E-state index in [9.17, 15) is 10.4 Å². The molecule has 1 aromatic heterocycles. The van der Waals surface area contributed by atoms with Crippen LogP contribution in [0, 0.1) is 0 Å². The van der Waals surface area contributed by atoms with Crippen LogP contribution in [0.15, 0.2) is 107 Å². The van der Waals surface area contributed by atoms with Crippen LogP contribution in [-0.2, 0) is 12.8 Å². The maximum Gasteiger partial charge on any atom is 0.0934 e. The van der Waals surface area contributed by atoms with E-state index in [2.05, 4.69) is 10.3 Å². The summed E-state index contributed by atoms with van der Waals surface area (Å²) in [5.41, 5.74) is 4.66. The van der Waals surface area contributed by atoms with Gasteiger partial charge in [-0.3, -0.25) is 0 Å². The molecule has 0 amide bonds. The third kappa shape index (κ3) is 4.83. The van der Waals surface area contributed by atoms with Crippen molar-refractivity contribution in [2.45, 2.75) is 12.8 Å². The Bertz CT molecular complexity index is 1820. The maximum atomic E-state index is 10.1. The minimum Gasteiger partial charge on any atom is -0.411 e. The number of aromatic nitrogens is 2. The van der Waals surface area contributed by atoms with E-state index in [1.807, 2.05) is 84.9 Å². The summed E-state index contributed by atoms with van der Waals surface area (Å²) in [5.74, 6) is 0. The molecule has 0 atom stereocenters. The Morgan fingerprint density at radius 2 is 0.975 bits per heavy atom. The fourth-order valence-corrected chi connectivity index (χ4v) is 5.36. The first-order valence-electron chi connectivity index (χ1n) is 12.6. The molecule has 0 aliphatic heterocycles. The largest absolute Gasteiger partial charge is 0.411 e. The average molecular weight is 565 g/mol. The molecule has 0 spiro atoms. The molecule has 0 radical (unpaired) electrons. The molecule has 5 aromatic carbocycles. The zero-order chi connectivity index (χ0) is 27.6. The van der Waals surface area contributed by atoms with Crippen molar-refractivity contribution in [2.75, 3.05) is 0 Å². The van der Waals surface area contributed by atoms with Gasteiger partial charge < -0.3 is 10.4 Å². The van der Waals surface area contributed by atoms with E-state index >= 15 is 0 Å². The summed E-state index contributed by atoms with van der Waals surface area (Å²) in [7, 11) is 0. The van der Waals surface area contributed by atoms with Crippen molar-refractivity contribution in [1.82, 2.24) is 9.97 Å². The molecule has 0 saturated carbocycles. The number of hydrogen-bond acceptors (Lipinski definition) is 6. The molecule has 0 saturated heterocycles. The zero-order valence-electron chi connectivity index (χ0n) is 21.1. The highest BCUT2D eigenvalue weighted by atomic mass is 35.5. The second-order valence-electron chi connectivity index (χ2n) is 9.37. The molecule has 2 N–H and O–H groups in total. The number of fused-ring (bicyclic) bond motifs is 3. The molecule has 40 heavy (non-hydrogen) atoms. The van der Waals surface area contributed by atoms with Gasteiger partial charge in [0.2, 0.25) is 0 Å². The fraction of sp³-hybridized carbons (Fsp3) is 0.0625. The Hall–Kier alpha value is -4.52. The van der Waals surface area contributed by atoms with E-state index in [0.717, 1.165) is 32.7 Å². The number of nitrogens with zero attached hydrogens (tertiary/aromatic N) is 4. The molecule has 196 valence electrons. The van der Waals surface area contributed by atoms with Gasteiger partial charge in [-0.05, 0) is 33.7 Å². The highest BCUT2D eigenvalue weighted by Gasteiger charge is 2.19. The lowest BCUT2D eigenvalue weighted by atomic mass is 9.95. The Labute approximate surface area is 239 Å². The lowest BCUT2D eigenvalue weighted by Crippen LogP contribution is -2.15. The Balaban J connectivity index is 1.48.